The van der Waals surface area contributed by atoms with Gasteiger partial charge in [-0.15, -0.1) is 11.3 Å². The lowest BCUT2D eigenvalue weighted by Gasteiger charge is -2.29. The van der Waals surface area contributed by atoms with Gasteiger partial charge in [0.1, 0.15) is 10.8 Å². The van der Waals surface area contributed by atoms with Crippen molar-refractivity contribution in [3.05, 3.63) is 85.1 Å². The van der Waals surface area contributed by atoms with Gasteiger partial charge in [-0.05, 0) is 80.7 Å². The molecule has 5 rings (SSSR count). The summed E-state index contributed by atoms with van der Waals surface area (Å²) in [5.74, 6) is 0.807. The summed E-state index contributed by atoms with van der Waals surface area (Å²) >= 11 is 7.78. The van der Waals surface area contributed by atoms with E-state index in [1.165, 1.54) is 11.3 Å². The van der Waals surface area contributed by atoms with Crippen LogP contribution in [0.15, 0.2) is 47.3 Å². The summed E-state index contributed by atoms with van der Waals surface area (Å²) in [6, 6.07) is 13.7. The predicted octanol–water partition coefficient (Wildman–Crippen LogP) is 8.55. The Bertz CT molecular complexity index is 1710. The van der Waals surface area contributed by atoms with Gasteiger partial charge >= 0.3 is 0 Å². The SMILES string of the molecule is CCc1cccc(CC)c1-n1c(CC(C)C)c(C(=O)N2CCCCC2)cc(-c2nc(-c3ccc(Cl)c(OC)c3)c(C)s2)c1=O. The summed E-state index contributed by atoms with van der Waals surface area (Å²) in [7, 11) is 1.59. The second-order valence-electron chi connectivity index (χ2n) is 11.9. The van der Waals surface area contributed by atoms with Crippen molar-refractivity contribution in [1.29, 1.82) is 0 Å². The van der Waals surface area contributed by atoms with Crippen molar-refractivity contribution >= 4 is 28.8 Å². The van der Waals surface area contributed by atoms with Crippen LogP contribution < -0.4 is 10.3 Å². The Morgan fingerprint density at radius 2 is 1.73 bits per heavy atom. The van der Waals surface area contributed by atoms with Crippen LogP contribution in [0.5, 0.6) is 5.75 Å². The topological polar surface area (TPSA) is 64.4 Å². The molecule has 0 N–H and O–H groups in total. The monoisotopic (exact) mass is 631 g/mol. The number of likely N-dealkylation sites (tertiary alicyclic amines) is 1. The molecule has 2 aromatic carbocycles. The van der Waals surface area contributed by atoms with Gasteiger partial charge in [0.25, 0.3) is 11.5 Å². The maximum Gasteiger partial charge on any atom is 0.265 e. The molecule has 0 spiro atoms. The predicted molar refractivity (Wildman–Crippen MR) is 182 cm³/mol. The minimum Gasteiger partial charge on any atom is -0.495 e. The van der Waals surface area contributed by atoms with Gasteiger partial charge < -0.3 is 9.64 Å². The van der Waals surface area contributed by atoms with Crippen LogP contribution in [0, 0.1) is 12.8 Å². The van der Waals surface area contributed by atoms with Crippen LogP contribution in [0.2, 0.25) is 5.02 Å². The zero-order valence-corrected chi connectivity index (χ0v) is 28.2. The second kappa shape index (κ2) is 13.7. The Morgan fingerprint density at radius 3 is 2.34 bits per heavy atom. The summed E-state index contributed by atoms with van der Waals surface area (Å²) in [4.78, 5) is 37.1. The highest BCUT2D eigenvalue weighted by Gasteiger charge is 2.29. The smallest absolute Gasteiger partial charge is 0.265 e. The van der Waals surface area contributed by atoms with Crippen molar-refractivity contribution < 1.29 is 9.53 Å². The van der Waals surface area contributed by atoms with Crippen LogP contribution in [0.3, 0.4) is 0 Å². The minimum atomic E-state index is -0.138. The molecule has 1 aliphatic heterocycles. The van der Waals surface area contributed by atoms with Gasteiger partial charge in [-0.3, -0.25) is 14.2 Å². The zero-order chi connectivity index (χ0) is 31.5. The Kier molecular flexibility index (Phi) is 9.96. The number of benzene rings is 2. The second-order valence-corrected chi connectivity index (χ2v) is 13.5. The van der Waals surface area contributed by atoms with E-state index < -0.39 is 0 Å². The van der Waals surface area contributed by atoms with Crippen LogP contribution in [-0.4, -0.2) is 40.6 Å². The number of aromatic nitrogens is 2. The number of pyridine rings is 1. The van der Waals surface area contributed by atoms with Crippen molar-refractivity contribution in [2.45, 2.75) is 73.1 Å². The molecule has 2 aromatic heterocycles. The summed E-state index contributed by atoms with van der Waals surface area (Å²) in [6.07, 6.45) is 5.28. The number of nitrogens with zero attached hydrogens (tertiary/aromatic N) is 3. The molecule has 1 amide bonds. The molecule has 8 heteroatoms. The summed E-state index contributed by atoms with van der Waals surface area (Å²) in [6.45, 7) is 12.0. The molecule has 44 heavy (non-hydrogen) atoms. The average molecular weight is 632 g/mol. The zero-order valence-electron chi connectivity index (χ0n) is 26.6. The van der Waals surface area contributed by atoms with E-state index in [0.29, 0.717) is 33.3 Å². The number of methoxy groups -OCH3 is 1. The Morgan fingerprint density at radius 1 is 1.05 bits per heavy atom. The molecule has 0 atom stereocenters. The Labute approximate surface area is 269 Å². The highest BCUT2D eigenvalue weighted by atomic mass is 35.5. The highest BCUT2D eigenvalue weighted by Crippen LogP contribution is 2.37. The number of carbonyl (C=O) groups is 1. The normalized spacial score (nSPS) is 13.5. The quantitative estimate of drug-likeness (QED) is 0.186. The number of hydrogen-bond donors (Lipinski definition) is 0. The fraction of sp³-hybridized carbons (Fsp3) is 0.417. The van der Waals surface area contributed by atoms with E-state index in [9.17, 15) is 9.59 Å². The lowest BCUT2D eigenvalue weighted by atomic mass is 9.96. The number of halogens is 1. The molecule has 1 saturated heterocycles. The fourth-order valence-corrected chi connectivity index (χ4v) is 7.31. The minimum absolute atomic E-state index is 0.00156. The van der Waals surface area contributed by atoms with Crippen LogP contribution in [0.1, 0.15) is 79.0 Å². The van der Waals surface area contributed by atoms with E-state index >= 15 is 0 Å². The molecule has 3 heterocycles. The first-order chi connectivity index (χ1) is 21.2. The van der Waals surface area contributed by atoms with Gasteiger partial charge in [0.15, 0.2) is 0 Å². The van der Waals surface area contributed by atoms with Crippen molar-refractivity contribution in [2.75, 3.05) is 20.2 Å². The summed E-state index contributed by atoms with van der Waals surface area (Å²) in [5, 5.41) is 1.12. The molecular weight excluding hydrogens is 590 g/mol. The van der Waals surface area contributed by atoms with E-state index in [0.717, 1.165) is 83.8 Å². The summed E-state index contributed by atoms with van der Waals surface area (Å²) in [5.41, 5.74) is 6.42. The molecule has 0 saturated carbocycles. The third-order valence-electron chi connectivity index (χ3n) is 8.42. The first kappa shape index (κ1) is 32.0. The number of aryl methyl sites for hydroxylation is 3. The molecule has 0 radical (unpaired) electrons. The van der Waals surface area contributed by atoms with E-state index in [1.807, 2.05) is 34.6 Å². The van der Waals surface area contributed by atoms with Crippen LogP contribution in [0.4, 0.5) is 0 Å². The van der Waals surface area contributed by atoms with Gasteiger partial charge in [-0.2, -0.15) is 0 Å². The molecule has 1 aliphatic rings. The number of hydrogen-bond acceptors (Lipinski definition) is 5. The number of ether oxygens (including phenoxy) is 1. The Hall–Kier alpha value is -3.42. The number of amides is 1. The van der Waals surface area contributed by atoms with Crippen molar-refractivity contribution in [1.82, 2.24) is 14.5 Å². The first-order valence-corrected chi connectivity index (χ1v) is 16.9. The number of para-hydroxylation sites is 1. The molecule has 232 valence electrons. The highest BCUT2D eigenvalue weighted by molar-refractivity contribution is 7.15. The number of piperidine rings is 1. The molecule has 1 fully saturated rings. The van der Waals surface area contributed by atoms with Gasteiger partial charge in [-0.25, -0.2) is 4.98 Å². The number of carbonyl (C=O) groups excluding carboxylic acids is 1. The summed E-state index contributed by atoms with van der Waals surface area (Å²) < 4.78 is 7.33. The van der Waals surface area contributed by atoms with Gasteiger partial charge in [0.2, 0.25) is 0 Å². The molecule has 0 aliphatic carbocycles. The van der Waals surface area contributed by atoms with Gasteiger partial charge in [0.05, 0.1) is 34.6 Å². The van der Waals surface area contributed by atoms with Crippen molar-refractivity contribution in [3.8, 4) is 33.3 Å². The molecular formula is C36H42ClN3O3S. The first-order valence-electron chi connectivity index (χ1n) is 15.7. The van der Waals surface area contributed by atoms with Crippen molar-refractivity contribution in [2.24, 2.45) is 5.92 Å². The Balaban J connectivity index is 1.82. The standard InChI is InChI=1S/C36H42ClN3O3S/c1-7-24-13-12-14-25(8-2)33(24)40-30(19-22(3)4)27(35(41)39-17-10-9-11-18-39)21-28(36(40)42)34-38-32(23(5)44-34)26-15-16-29(37)31(20-26)43-6/h12-16,20-22H,7-11,17-19H2,1-6H3. The number of thiazole rings is 1. The van der Waals surface area contributed by atoms with Gasteiger partial charge in [-0.1, -0.05) is 63.6 Å². The maximum absolute atomic E-state index is 14.8. The largest absolute Gasteiger partial charge is 0.495 e. The average Bonchev–Trinajstić information content (AvgIpc) is 3.42. The van der Waals surface area contributed by atoms with Crippen LogP contribution in [-0.2, 0) is 19.3 Å². The van der Waals surface area contributed by atoms with E-state index in [2.05, 4.69) is 45.9 Å². The molecule has 0 bridgehead atoms. The van der Waals surface area contributed by atoms with Crippen LogP contribution >= 0.6 is 22.9 Å². The van der Waals surface area contributed by atoms with Crippen molar-refractivity contribution in [3.63, 3.8) is 0 Å². The molecule has 4 aromatic rings. The number of rotatable bonds is 9. The fourth-order valence-electron chi connectivity index (χ4n) is 6.17. The van der Waals surface area contributed by atoms with Crippen LogP contribution in [0.25, 0.3) is 27.5 Å². The van der Waals surface area contributed by atoms with E-state index in [1.54, 1.807) is 13.2 Å². The van der Waals surface area contributed by atoms with E-state index in [4.69, 9.17) is 21.3 Å². The molecule has 6 nitrogen and oxygen atoms in total. The van der Waals surface area contributed by atoms with E-state index in [-0.39, 0.29) is 17.4 Å². The lowest BCUT2D eigenvalue weighted by molar-refractivity contribution is 0.0722. The van der Waals surface area contributed by atoms with Gasteiger partial charge in [0, 0.05) is 29.2 Å². The maximum atomic E-state index is 14.8. The third-order valence-corrected chi connectivity index (χ3v) is 9.73. The third kappa shape index (κ3) is 6.22. The molecule has 0 unspecified atom stereocenters. The lowest BCUT2D eigenvalue weighted by Crippen LogP contribution is -2.38.